The molecule has 1 saturated heterocycles. The number of benzene rings is 1. The molecule has 1 aliphatic rings. The molecule has 0 saturated carbocycles. The third-order valence-corrected chi connectivity index (χ3v) is 2.55. The zero-order chi connectivity index (χ0) is 12.3. The molecule has 0 unspecified atom stereocenters. The molecular weight excluding hydrogens is 220 g/mol. The number of methoxy groups -OCH3 is 1. The molecule has 2 rings (SSSR count). The van der Waals surface area contributed by atoms with E-state index in [1.807, 2.05) is 24.3 Å². The van der Waals surface area contributed by atoms with Crippen molar-refractivity contribution in [3.63, 3.8) is 0 Å². The van der Waals surface area contributed by atoms with Crippen molar-refractivity contribution >= 4 is 11.8 Å². The maximum atomic E-state index is 11.2. The maximum Gasteiger partial charge on any atom is 0.240 e. The van der Waals surface area contributed by atoms with Crippen LogP contribution in [-0.2, 0) is 16.1 Å². The fraction of sp³-hybridized carbons (Fsp3) is 0.333. The molecule has 5 nitrogen and oxygen atoms in total. The second-order valence-corrected chi connectivity index (χ2v) is 3.97. The van der Waals surface area contributed by atoms with Crippen LogP contribution in [0.5, 0.6) is 5.75 Å². The molecule has 90 valence electrons. The molecule has 0 atom stereocenters. The fourth-order valence-corrected chi connectivity index (χ4v) is 1.84. The Morgan fingerprint density at radius 2 is 2.00 bits per heavy atom. The highest BCUT2D eigenvalue weighted by Gasteiger charge is 2.22. The monoisotopic (exact) mass is 234 g/mol. The molecule has 0 aliphatic carbocycles. The van der Waals surface area contributed by atoms with Crippen LogP contribution in [0.1, 0.15) is 5.56 Å². The van der Waals surface area contributed by atoms with Crippen LogP contribution in [0.4, 0.5) is 0 Å². The van der Waals surface area contributed by atoms with Crippen LogP contribution in [0, 0.1) is 0 Å². The molecule has 0 bridgehead atoms. The van der Waals surface area contributed by atoms with Crippen molar-refractivity contribution in [1.82, 2.24) is 10.2 Å². The standard InChI is InChI=1S/C12H14N2O3/c1-17-10-4-2-3-9(5-10)6-14-7-11(15)13-12(16)8-14/h2-5H,6-8H2,1H3,(H,13,15,16). The van der Waals surface area contributed by atoms with Gasteiger partial charge in [-0.25, -0.2) is 0 Å². The van der Waals surface area contributed by atoms with E-state index < -0.39 is 0 Å². The molecule has 1 aromatic carbocycles. The number of carbonyl (C=O) groups excluding carboxylic acids is 2. The summed E-state index contributed by atoms with van der Waals surface area (Å²) in [4.78, 5) is 24.2. The summed E-state index contributed by atoms with van der Waals surface area (Å²) in [5.74, 6) is 0.281. The fourth-order valence-electron chi connectivity index (χ4n) is 1.84. The van der Waals surface area contributed by atoms with Gasteiger partial charge in [0.15, 0.2) is 0 Å². The number of ether oxygens (including phenoxy) is 1. The number of carbonyl (C=O) groups is 2. The van der Waals surface area contributed by atoms with Crippen molar-refractivity contribution in [3.05, 3.63) is 29.8 Å². The van der Waals surface area contributed by atoms with Crippen LogP contribution in [0.25, 0.3) is 0 Å². The molecule has 5 heteroatoms. The topological polar surface area (TPSA) is 58.6 Å². The Morgan fingerprint density at radius 1 is 1.29 bits per heavy atom. The number of rotatable bonds is 3. The quantitative estimate of drug-likeness (QED) is 0.756. The van der Waals surface area contributed by atoms with Crippen LogP contribution in [0.2, 0.25) is 0 Å². The summed E-state index contributed by atoms with van der Waals surface area (Å²) in [6, 6.07) is 7.59. The first-order chi connectivity index (χ1) is 8.17. The molecule has 0 aromatic heterocycles. The third kappa shape index (κ3) is 3.04. The molecule has 1 aromatic rings. The van der Waals surface area contributed by atoms with Crippen LogP contribution >= 0.6 is 0 Å². The molecule has 1 N–H and O–H groups in total. The average molecular weight is 234 g/mol. The Balaban J connectivity index is 2.04. The zero-order valence-corrected chi connectivity index (χ0v) is 9.60. The predicted octanol–water partition coefficient (Wildman–Crippen LogP) is 0.154. The summed E-state index contributed by atoms with van der Waals surface area (Å²) in [5, 5.41) is 2.27. The van der Waals surface area contributed by atoms with Crippen molar-refractivity contribution < 1.29 is 14.3 Å². The average Bonchev–Trinajstić information content (AvgIpc) is 2.28. The van der Waals surface area contributed by atoms with E-state index in [1.165, 1.54) is 0 Å². The van der Waals surface area contributed by atoms with Gasteiger partial charge in [-0.2, -0.15) is 0 Å². The van der Waals surface area contributed by atoms with E-state index in [0.29, 0.717) is 6.54 Å². The highest BCUT2D eigenvalue weighted by molar-refractivity contribution is 5.99. The first-order valence-corrected chi connectivity index (χ1v) is 5.35. The highest BCUT2D eigenvalue weighted by atomic mass is 16.5. The van der Waals surface area contributed by atoms with Crippen molar-refractivity contribution in [1.29, 1.82) is 0 Å². The molecule has 1 aliphatic heterocycles. The molecule has 0 spiro atoms. The van der Waals surface area contributed by atoms with Crippen molar-refractivity contribution in [2.45, 2.75) is 6.54 Å². The van der Waals surface area contributed by atoms with Crippen LogP contribution in [0.3, 0.4) is 0 Å². The SMILES string of the molecule is COc1cccc(CN2CC(=O)NC(=O)C2)c1. The van der Waals surface area contributed by atoms with Crippen molar-refractivity contribution in [3.8, 4) is 5.75 Å². The van der Waals surface area contributed by atoms with E-state index in [1.54, 1.807) is 12.0 Å². The lowest BCUT2D eigenvalue weighted by molar-refractivity contribution is -0.136. The van der Waals surface area contributed by atoms with E-state index >= 15 is 0 Å². The van der Waals surface area contributed by atoms with Gasteiger partial charge >= 0.3 is 0 Å². The number of hydrogen-bond donors (Lipinski definition) is 1. The minimum absolute atomic E-state index is 0.246. The van der Waals surface area contributed by atoms with Crippen LogP contribution < -0.4 is 10.1 Å². The molecule has 17 heavy (non-hydrogen) atoms. The first-order valence-electron chi connectivity index (χ1n) is 5.35. The lowest BCUT2D eigenvalue weighted by atomic mass is 10.2. The van der Waals surface area contributed by atoms with Gasteiger partial charge in [-0.15, -0.1) is 0 Å². The van der Waals surface area contributed by atoms with E-state index in [2.05, 4.69) is 5.32 Å². The predicted molar refractivity (Wildman–Crippen MR) is 61.4 cm³/mol. The smallest absolute Gasteiger partial charge is 0.240 e. The van der Waals surface area contributed by atoms with Crippen molar-refractivity contribution in [2.24, 2.45) is 0 Å². The Labute approximate surface area is 99.4 Å². The largest absolute Gasteiger partial charge is 0.497 e. The Morgan fingerprint density at radius 3 is 2.65 bits per heavy atom. The summed E-state index contributed by atoms with van der Waals surface area (Å²) in [6.45, 7) is 1.07. The van der Waals surface area contributed by atoms with E-state index in [4.69, 9.17) is 4.74 Å². The van der Waals surface area contributed by atoms with Gasteiger partial charge < -0.3 is 4.74 Å². The number of imide groups is 1. The number of piperazine rings is 1. The summed E-state index contributed by atoms with van der Waals surface area (Å²) in [7, 11) is 1.61. The Hall–Kier alpha value is -1.88. The molecule has 0 radical (unpaired) electrons. The normalized spacial score (nSPS) is 16.8. The Bertz CT molecular complexity index is 429. The van der Waals surface area contributed by atoms with Crippen LogP contribution in [-0.4, -0.2) is 36.9 Å². The van der Waals surface area contributed by atoms with E-state index in [0.717, 1.165) is 11.3 Å². The molecule has 1 fully saturated rings. The zero-order valence-electron chi connectivity index (χ0n) is 9.60. The van der Waals surface area contributed by atoms with Gasteiger partial charge in [-0.1, -0.05) is 12.1 Å². The first kappa shape index (κ1) is 11.6. The van der Waals surface area contributed by atoms with Gasteiger partial charge in [0.1, 0.15) is 5.75 Å². The van der Waals surface area contributed by atoms with Gasteiger partial charge in [-0.05, 0) is 17.7 Å². The number of amides is 2. The maximum absolute atomic E-state index is 11.2. The minimum Gasteiger partial charge on any atom is -0.497 e. The lowest BCUT2D eigenvalue weighted by Gasteiger charge is -2.25. The second kappa shape index (κ2) is 4.97. The summed E-state index contributed by atoms with van der Waals surface area (Å²) in [5.41, 5.74) is 1.02. The summed E-state index contributed by atoms with van der Waals surface area (Å²) in [6.07, 6.45) is 0. The lowest BCUT2D eigenvalue weighted by Crippen LogP contribution is -2.50. The van der Waals surface area contributed by atoms with Gasteiger partial charge in [0, 0.05) is 6.54 Å². The molecule has 1 heterocycles. The van der Waals surface area contributed by atoms with Gasteiger partial charge in [0.2, 0.25) is 11.8 Å². The molecular formula is C12H14N2O3. The highest BCUT2D eigenvalue weighted by Crippen LogP contribution is 2.14. The van der Waals surface area contributed by atoms with Crippen molar-refractivity contribution in [2.75, 3.05) is 20.2 Å². The van der Waals surface area contributed by atoms with Gasteiger partial charge in [-0.3, -0.25) is 19.8 Å². The third-order valence-electron chi connectivity index (χ3n) is 2.55. The molecule has 2 amide bonds. The van der Waals surface area contributed by atoms with Gasteiger partial charge in [0.05, 0.1) is 20.2 Å². The van der Waals surface area contributed by atoms with Crippen LogP contribution in [0.15, 0.2) is 24.3 Å². The van der Waals surface area contributed by atoms with Gasteiger partial charge in [0.25, 0.3) is 0 Å². The Kier molecular flexibility index (Phi) is 3.39. The summed E-state index contributed by atoms with van der Waals surface area (Å²) >= 11 is 0. The second-order valence-electron chi connectivity index (χ2n) is 3.97. The minimum atomic E-state index is -0.246. The number of hydrogen-bond acceptors (Lipinski definition) is 4. The van der Waals surface area contributed by atoms with E-state index in [9.17, 15) is 9.59 Å². The summed E-state index contributed by atoms with van der Waals surface area (Å²) < 4.78 is 5.12. The number of nitrogens with one attached hydrogen (secondary N) is 1. The number of nitrogens with zero attached hydrogens (tertiary/aromatic N) is 1. The van der Waals surface area contributed by atoms with E-state index in [-0.39, 0.29) is 24.9 Å².